The number of benzene rings is 1. The zero-order valence-corrected chi connectivity index (χ0v) is 11.7. The Morgan fingerprint density at radius 2 is 1.90 bits per heavy atom. The Bertz CT molecular complexity index is 721. The second kappa shape index (κ2) is 5.29. The number of nitrogens with zero attached hydrogens (tertiary/aromatic N) is 2. The van der Waals surface area contributed by atoms with E-state index in [1.54, 1.807) is 7.05 Å². The first-order valence-electron chi connectivity index (χ1n) is 5.74. The number of hydrogen-bond donors (Lipinski definition) is 1. The van der Waals surface area contributed by atoms with Gasteiger partial charge in [0.25, 0.3) is 0 Å². The molecule has 2 aromatic rings. The maximum atomic E-state index is 13.4. The van der Waals surface area contributed by atoms with E-state index in [-0.39, 0.29) is 10.5 Å². The van der Waals surface area contributed by atoms with E-state index in [1.165, 1.54) is 23.9 Å². The number of aromatic nitrogens is 2. The molecule has 0 radical (unpaired) electrons. The van der Waals surface area contributed by atoms with Gasteiger partial charge in [-0.05, 0) is 19.1 Å². The molecule has 0 aliphatic rings. The number of hydrogen-bond acceptors (Lipinski definition) is 3. The Hall–Kier alpha value is -1.80. The molecule has 0 spiro atoms. The molecule has 0 saturated heterocycles. The predicted molar refractivity (Wildman–Crippen MR) is 68.3 cm³/mol. The molecular weight excluding hydrogens is 288 g/mol. The van der Waals surface area contributed by atoms with Crippen LogP contribution in [0, 0.1) is 18.6 Å². The van der Waals surface area contributed by atoms with Crippen LogP contribution in [0.1, 0.15) is 11.3 Å². The minimum atomic E-state index is -3.87. The number of aryl methyl sites for hydroxylation is 2. The van der Waals surface area contributed by atoms with Gasteiger partial charge in [-0.1, -0.05) is 6.07 Å². The van der Waals surface area contributed by atoms with E-state index in [0.717, 1.165) is 12.1 Å². The fraction of sp³-hybridized carbons (Fsp3) is 0.250. The van der Waals surface area contributed by atoms with Crippen molar-refractivity contribution in [3.63, 3.8) is 0 Å². The first-order chi connectivity index (χ1) is 9.31. The summed E-state index contributed by atoms with van der Waals surface area (Å²) >= 11 is 0. The van der Waals surface area contributed by atoms with E-state index >= 15 is 0 Å². The fourth-order valence-electron chi connectivity index (χ4n) is 1.79. The van der Waals surface area contributed by atoms with Crippen molar-refractivity contribution in [3.05, 3.63) is 47.3 Å². The zero-order valence-electron chi connectivity index (χ0n) is 10.9. The van der Waals surface area contributed by atoms with Crippen LogP contribution in [-0.2, 0) is 23.6 Å². The van der Waals surface area contributed by atoms with Crippen LogP contribution < -0.4 is 4.72 Å². The number of nitrogens with one attached hydrogen (secondary N) is 1. The Balaban J connectivity index is 2.24. The Morgan fingerprint density at radius 3 is 2.40 bits per heavy atom. The SMILES string of the molecule is Cc1nn(C)cc1S(=O)(=O)NCc1c(F)cccc1F. The Labute approximate surface area is 115 Å². The zero-order chi connectivity index (χ0) is 14.9. The third-order valence-corrected chi connectivity index (χ3v) is 4.26. The Morgan fingerprint density at radius 1 is 1.30 bits per heavy atom. The lowest BCUT2D eigenvalue weighted by Crippen LogP contribution is -2.24. The molecule has 0 amide bonds. The molecule has 0 aliphatic carbocycles. The predicted octanol–water partition coefficient (Wildman–Crippen LogP) is 1.49. The van der Waals surface area contributed by atoms with Crippen LogP contribution in [0.15, 0.2) is 29.3 Å². The largest absolute Gasteiger partial charge is 0.274 e. The second-order valence-corrected chi connectivity index (χ2v) is 6.01. The van der Waals surface area contributed by atoms with Crippen LogP contribution in [0.5, 0.6) is 0 Å². The number of sulfonamides is 1. The molecule has 0 saturated carbocycles. The molecule has 0 unspecified atom stereocenters. The minimum absolute atomic E-state index is 0.0169. The summed E-state index contributed by atoms with van der Waals surface area (Å²) in [4.78, 5) is -0.0169. The lowest BCUT2D eigenvalue weighted by Gasteiger charge is -2.07. The van der Waals surface area contributed by atoms with Crippen LogP contribution in [0.4, 0.5) is 8.78 Å². The lowest BCUT2D eigenvalue weighted by atomic mass is 10.2. The molecule has 0 bridgehead atoms. The van der Waals surface area contributed by atoms with Gasteiger partial charge >= 0.3 is 0 Å². The highest BCUT2D eigenvalue weighted by atomic mass is 32.2. The van der Waals surface area contributed by atoms with E-state index in [0.29, 0.717) is 5.69 Å². The van der Waals surface area contributed by atoms with Gasteiger partial charge in [0.2, 0.25) is 10.0 Å². The summed E-state index contributed by atoms with van der Waals surface area (Å²) in [6.07, 6.45) is 1.33. The monoisotopic (exact) mass is 301 g/mol. The van der Waals surface area contributed by atoms with Crippen LogP contribution in [-0.4, -0.2) is 18.2 Å². The molecule has 20 heavy (non-hydrogen) atoms. The molecule has 1 aromatic carbocycles. The average Bonchev–Trinajstić information content (AvgIpc) is 2.68. The van der Waals surface area contributed by atoms with Crippen molar-refractivity contribution >= 4 is 10.0 Å². The average molecular weight is 301 g/mol. The first kappa shape index (κ1) is 14.6. The van der Waals surface area contributed by atoms with E-state index < -0.39 is 28.2 Å². The van der Waals surface area contributed by atoms with Crippen LogP contribution in [0.2, 0.25) is 0 Å². The molecule has 0 aliphatic heterocycles. The van der Waals surface area contributed by atoms with E-state index in [4.69, 9.17) is 0 Å². The maximum Gasteiger partial charge on any atom is 0.244 e. The summed E-state index contributed by atoms with van der Waals surface area (Å²) in [6, 6.07) is 3.36. The highest BCUT2D eigenvalue weighted by Crippen LogP contribution is 2.15. The highest BCUT2D eigenvalue weighted by Gasteiger charge is 2.20. The van der Waals surface area contributed by atoms with Crippen molar-refractivity contribution in [2.75, 3.05) is 0 Å². The smallest absolute Gasteiger partial charge is 0.244 e. The highest BCUT2D eigenvalue weighted by molar-refractivity contribution is 7.89. The van der Waals surface area contributed by atoms with Crippen molar-refractivity contribution in [1.82, 2.24) is 14.5 Å². The standard InChI is InChI=1S/C12H13F2N3O2S/c1-8-12(7-17(2)16-8)20(18,19)15-6-9-10(13)4-3-5-11(9)14/h3-5,7,15H,6H2,1-2H3. The van der Waals surface area contributed by atoms with E-state index in [9.17, 15) is 17.2 Å². The third kappa shape index (κ3) is 2.86. The van der Waals surface area contributed by atoms with Crippen LogP contribution in [0.25, 0.3) is 0 Å². The molecule has 0 atom stereocenters. The van der Waals surface area contributed by atoms with E-state index in [2.05, 4.69) is 9.82 Å². The quantitative estimate of drug-likeness (QED) is 0.930. The molecule has 1 heterocycles. The van der Waals surface area contributed by atoms with Gasteiger partial charge in [0, 0.05) is 25.4 Å². The fourth-order valence-corrected chi connectivity index (χ4v) is 3.00. The molecular formula is C12H13F2N3O2S. The van der Waals surface area contributed by atoms with Crippen molar-refractivity contribution in [1.29, 1.82) is 0 Å². The molecule has 5 nitrogen and oxygen atoms in total. The van der Waals surface area contributed by atoms with Gasteiger partial charge in [0.1, 0.15) is 16.5 Å². The molecule has 108 valence electrons. The molecule has 1 N–H and O–H groups in total. The third-order valence-electron chi connectivity index (χ3n) is 2.76. The maximum absolute atomic E-state index is 13.4. The lowest BCUT2D eigenvalue weighted by molar-refractivity contribution is 0.544. The minimum Gasteiger partial charge on any atom is -0.274 e. The van der Waals surface area contributed by atoms with Crippen molar-refractivity contribution in [2.24, 2.45) is 7.05 Å². The number of rotatable bonds is 4. The summed E-state index contributed by atoms with van der Waals surface area (Å²) in [5.41, 5.74) is -0.00776. The normalized spacial score (nSPS) is 11.8. The topological polar surface area (TPSA) is 64.0 Å². The second-order valence-electron chi connectivity index (χ2n) is 4.28. The number of halogens is 2. The van der Waals surface area contributed by atoms with E-state index in [1.807, 2.05) is 0 Å². The van der Waals surface area contributed by atoms with Crippen LogP contribution in [0.3, 0.4) is 0 Å². The molecule has 0 fully saturated rings. The summed E-state index contributed by atoms with van der Waals surface area (Å²) in [7, 11) is -2.28. The molecule has 1 aromatic heterocycles. The van der Waals surface area contributed by atoms with Gasteiger partial charge in [-0.3, -0.25) is 4.68 Å². The van der Waals surface area contributed by atoms with Gasteiger partial charge in [-0.2, -0.15) is 5.10 Å². The summed E-state index contributed by atoms with van der Waals surface area (Å²) < 4.78 is 54.5. The summed E-state index contributed by atoms with van der Waals surface area (Å²) in [6.45, 7) is 1.08. The van der Waals surface area contributed by atoms with Gasteiger partial charge in [0.05, 0.1) is 5.69 Å². The van der Waals surface area contributed by atoms with Crippen molar-refractivity contribution in [3.8, 4) is 0 Å². The van der Waals surface area contributed by atoms with Gasteiger partial charge < -0.3 is 0 Å². The van der Waals surface area contributed by atoms with Crippen molar-refractivity contribution < 1.29 is 17.2 Å². The summed E-state index contributed by atoms with van der Waals surface area (Å²) in [5, 5.41) is 3.92. The molecule has 2 rings (SSSR count). The summed E-state index contributed by atoms with van der Waals surface area (Å²) in [5.74, 6) is -1.59. The Kier molecular flexibility index (Phi) is 3.87. The van der Waals surface area contributed by atoms with Gasteiger partial charge in [-0.25, -0.2) is 21.9 Å². The van der Waals surface area contributed by atoms with Crippen molar-refractivity contribution in [2.45, 2.75) is 18.4 Å². The van der Waals surface area contributed by atoms with Gasteiger partial charge in [-0.15, -0.1) is 0 Å². The van der Waals surface area contributed by atoms with Crippen LogP contribution >= 0.6 is 0 Å². The first-order valence-corrected chi connectivity index (χ1v) is 7.22. The molecule has 8 heteroatoms. The van der Waals surface area contributed by atoms with Gasteiger partial charge in [0.15, 0.2) is 0 Å².